The van der Waals surface area contributed by atoms with Crippen LogP contribution in [0, 0.1) is 13.8 Å². The summed E-state index contributed by atoms with van der Waals surface area (Å²) >= 11 is 12.0. The average molecular weight is 326 g/mol. The number of rotatable bonds is 3. The number of aromatic nitrogens is 2. The van der Waals surface area contributed by atoms with Gasteiger partial charge in [-0.2, -0.15) is 5.10 Å². The lowest BCUT2D eigenvalue weighted by atomic mass is 10.2. The smallest absolute Gasteiger partial charge is 0.257 e. The summed E-state index contributed by atoms with van der Waals surface area (Å²) in [5.74, 6) is -0.294. The summed E-state index contributed by atoms with van der Waals surface area (Å²) in [5.41, 5.74) is 2.74. The molecule has 0 aliphatic rings. The molecule has 1 N–H and O–H groups in total. The number of anilines is 1. The highest BCUT2D eigenvalue weighted by Crippen LogP contribution is 2.28. The van der Waals surface area contributed by atoms with Gasteiger partial charge in [0.25, 0.3) is 5.91 Å². The highest BCUT2D eigenvalue weighted by molar-refractivity contribution is 6.44. The van der Waals surface area contributed by atoms with Crippen molar-refractivity contribution in [2.45, 2.75) is 33.7 Å². The van der Waals surface area contributed by atoms with Crippen molar-refractivity contribution < 1.29 is 4.79 Å². The number of halogens is 2. The Kier molecular flexibility index (Phi) is 4.59. The highest BCUT2D eigenvalue weighted by atomic mass is 35.5. The van der Waals surface area contributed by atoms with Crippen molar-refractivity contribution in [3.8, 4) is 0 Å². The van der Waals surface area contributed by atoms with E-state index in [1.54, 1.807) is 18.2 Å². The molecule has 0 fully saturated rings. The molecule has 6 heteroatoms. The van der Waals surface area contributed by atoms with Crippen LogP contribution >= 0.6 is 23.2 Å². The first kappa shape index (κ1) is 15.9. The molecule has 4 nitrogen and oxygen atoms in total. The number of carbonyl (C=O) groups excluding carboxylic acids is 1. The summed E-state index contributed by atoms with van der Waals surface area (Å²) in [5, 5.41) is 7.92. The zero-order valence-electron chi connectivity index (χ0n) is 12.4. The zero-order valence-corrected chi connectivity index (χ0v) is 13.9. The summed E-state index contributed by atoms with van der Waals surface area (Å²) in [6.45, 7) is 7.87. The molecule has 0 radical (unpaired) electrons. The quantitative estimate of drug-likeness (QED) is 0.893. The van der Waals surface area contributed by atoms with Gasteiger partial charge in [0.05, 0.1) is 32.7 Å². The Balaban J connectivity index is 2.34. The summed E-state index contributed by atoms with van der Waals surface area (Å²) in [6, 6.07) is 5.21. The van der Waals surface area contributed by atoms with Gasteiger partial charge in [-0.3, -0.25) is 9.48 Å². The van der Waals surface area contributed by atoms with Crippen molar-refractivity contribution in [2.75, 3.05) is 5.32 Å². The second-order valence-corrected chi connectivity index (χ2v) is 5.92. The Hall–Kier alpha value is -1.52. The molecule has 1 aromatic carbocycles. The van der Waals surface area contributed by atoms with Crippen molar-refractivity contribution in [3.63, 3.8) is 0 Å². The predicted molar refractivity (Wildman–Crippen MR) is 86.5 cm³/mol. The van der Waals surface area contributed by atoms with Crippen LogP contribution in [-0.4, -0.2) is 15.7 Å². The molecule has 1 aromatic heterocycles. The SMILES string of the molecule is Cc1nn(C(C)C)c(C)c1NC(=O)c1cccc(Cl)c1Cl. The van der Waals surface area contributed by atoms with Gasteiger partial charge in [0.15, 0.2) is 0 Å². The van der Waals surface area contributed by atoms with Crippen LogP contribution in [-0.2, 0) is 0 Å². The van der Waals surface area contributed by atoms with Crippen LogP contribution in [0.15, 0.2) is 18.2 Å². The van der Waals surface area contributed by atoms with Crippen molar-refractivity contribution in [3.05, 3.63) is 45.2 Å². The molecule has 0 unspecified atom stereocenters. The van der Waals surface area contributed by atoms with E-state index < -0.39 is 0 Å². The van der Waals surface area contributed by atoms with Crippen LogP contribution in [0.1, 0.15) is 41.6 Å². The van der Waals surface area contributed by atoms with Crippen LogP contribution in [0.5, 0.6) is 0 Å². The summed E-state index contributed by atoms with van der Waals surface area (Å²) in [7, 11) is 0. The first-order valence-electron chi connectivity index (χ1n) is 6.64. The molecule has 0 saturated carbocycles. The molecule has 0 saturated heterocycles. The first-order valence-corrected chi connectivity index (χ1v) is 7.39. The molecule has 0 atom stereocenters. The van der Waals surface area contributed by atoms with Gasteiger partial charge in [-0.15, -0.1) is 0 Å². The average Bonchev–Trinajstić information content (AvgIpc) is 2.70. The van der Waals surface area contributed by atoms with E-state index in [9.17, 15) is 4.79 Å². The van der Waals surface area contributed by atoms with Crippen molar-refractivity contribution in [2.24, 2.45) is 0 Å². The maximum atomic E-state index is 12.4. The molecule has 1 heterocycles. The van der Waals surface area contributed by atoms with E-state index in [-0.39, 0.29) is 17.0 Å². The topological polar surface area (TPSA) is 46.9 Å². The molecule has 0 bridgehead atoms. The van der Waals surface area contributed by atoms with E-state index in [4.69, 9.17) is 23.2 Å². The van der Waals surface area contributed by atoms with Gasteiger partial charge in [-0.05, 0) is 39.8 Å². The Labute approximate surface area is 134 Å². The van der Waals surface area contributed by atoms with Crippen molar-refractivity contribution in [1.82, 2.24) is 9.78 Å². The fourth-order valence-electron chi connectivity index (χ4n) is 2.21. The molecule has 1 amide bonds. The van der Waals surface area contributed by atoms with Gasteiger partial charge in [-0.25, -0.2) is 0 Å². The van der Waals surface area contributed by atoms with Gasteiger partial charge in [0.2, 0.25) is 0 Å². The molecule has 0 aliphatic heterocycles. The van der Waals surface area contributed by atoms with Gasteiger partial charge >= 0.3 is 0 Å². The van der Waals surface area contributed by atoms with Gasteiger partial charge in [-0.1, -0.05) is 29.3 Å². The second kappa shape index (κ2) is 6.08. The lowest BCUT2D eigenvalue weighted by molar-refractivity contribution is 0.102. The second-order valence-electron chi connectivity index (χ2n) is 5.14. The van der Waals surface area contributed by atoms with Crippen LogP contribution < -0.4 is 5.32 Å². The van der Waals surface area contributed by atoms with Gasteiger partial charge in [0.1, 0.15) is 0 Å². The Bertz CT molecular complexity index is 692. The number of nitrogens with zero attached hydrogens (tertiary/aromatic N) is 2. The maximum absolute atomic E-state index is 12.4. The van der Waals surface area contributed by atoms with Crippen LogP contribution in [0.25, 0.3) is 0 Å². The predicted octanol–water partition coefficient (Wildman–Crippen LogP) is 4.64. The van der Waals surface area contributed by atoms with E-state index >= 15 is 0 Å². The molecular formula is C15H17Cl2N3O. The normalized spacial score (nSPS) is 11.0. The number of amides is 1. The van der Waals surface area contributed by atoms with Crippen LogP contribution in [0.3, 0.4) is 0 Å². The van der Waals surface area contributed by atoms with Gasteiger partial charge in [0, 0.05) is 6.04 Å². The van der Waals surface area contributed by atoms with Crippen molar-refractivity contribution >= 4 is 34.8 Å². The molecule has 0 aliphatic carbocycles. The Morgan fingerprint density at radius 3 is 2.52 bits per heavy atom. The summed E-state index contributed by atoms with van der Waals surface area (Å²) < 4.78 is 1.88. The zero-order chi connectivity index (χ0) is 15.7. The summed E-state index contributed by atoms with van der Waals surface area (Å²) in [6.07, 6.45) is 0. The van der Waals surface area contributed by atoms with Gasteiger partial charge < -0.3 is 5.32 Å². The van der Waals surface area contributed by atoms with Crippen LogP contribution in [0.2, 0.25) is 10.0 Å². The largest absolute Gasteiger partial charge is 0.319 e. The molecular weight excluding hydrogens is 309 g/mol. The molecule has 21 heavy (non-hydrogen) atoms. The number of hydrogen-bond acceptors (Lipinski definition) is 2. The first-order chi connectivity index (χ1) is 9.82. The third-order valence-electron chi connectivity index (χ3n) is 3.25. The molecule has 2 rings (SSSR count). The van der Waals surface area contributed by atoms with Crippen molar-refractivity contribution in [1.29, 1.82) is 0 Å². The standard InChI is InChI=1S/C15H17Cl2N3O/c1-8(2)20-10(4)14(9(3)19-20)18-15(21)11-6-5-7-12(16)13(11)17/h5-8H,1-4H3,(H,18,21). The molecule has 2 aromatic rings. The number of nitrogens with one attached hydrogen (secondary N) is 1. The maximum Gasteiger partial charge on any atom is 0.257 e. The fraction of sp³-hybridized carbons (Fsp3) is 0.333. The lowest BCUT2D eigenvalue weighted by Gasteiger charge is -2.10. The third kappa shape index (κ3) is 3.06. The van der Waals surface area contributed by atoms with Crippen LogP contribution in [0.4, 0.5) is 5.69 Å². The number of carbonyl (C=O) groups is 1. The van der Waals surface area contributed by atoms with E-state index in [1.807, 2.05) is 32.4 Å². The minimum Gasteiger partial charge on any atom is -0.319 e. The number of aryl methyl sites for hydroxylation is 1. The Morgan fingerprint density at radius 2 is 1.95 bits per heavy atom. The number of hydrogen-bond donors (Lipinski definition) is 1. The van der Waals surface area contributed by atoms with E-state index in [1.165, 1.54) is 0 Å². The monoisotopic (exact) mass is 325 g/mol. The van der Waals surface area contributed by atoms with E-state index in [0.29, 0.717) is 16.3 Å². The van der Waals surface area contributed by atoms with E-state index in [2.05, 4.69) is 10.4 Å². The lowest BCUT2D eigenvalue weighted by Crippen LogP contribution is -2.14. The fourth-order valence-corrected chi connectivity index (χ4v) is 2.59. The van der Waals surface area contributed by atoms with E-state index in [0.717, 1.165) is 11.4 Å². The minimum atomic E-state index is -0.294. The minimum absolute atomic E-state index is 0.226. The number of benzene rings is 1. The molecule has 0 spiro atoms. The Morgan fingerprint density at radius 1 is 1.29 bits per heavy atom. The summed E-state index contributed by atoms with van der Waals surface area (Å²) in [4.78, 5) is 12.4. The third-order valence-corrected chi connectivity index (χ3v) is 4.07. The highest BCUT2D eigenvalue weighted by Gasteiger charge is 2.18. The molecule has 112 valence electrons.